The van der Waals surface area contributed by atoms with E-state index in [1.165, 1.54) is 15.9 Å². The molecule has 2 aromatic carbocycles. The normalized spacial score (nSPS) is 21.0. The second-order valence-electron chi connectivity index (χ2n) is 11.2. The summed E-state index contributed by atoms with van der Waals surface area (Å²) in [5, 5.41) is 2.60. The quantitative estimate of drug-likeness (QED) is 0.270. The number of benzene rings is 2. The van der Waals surface area contributed by atoms with Crippen LogP contribution in [0.15, 0.2) is 85.0 Å². The van der Waals surface area contributed by atoms with Gasteiger partial charge in [-0.1, -0.05) is 106 Å². The lowest BCUT2D eigenvalue weighted by atomic mass is 10.00. The smallest absolute Gasteiger partial charge is 0.261 e. The zero-order valence-electron chi connectivity index (χ0n) is 22.6. The summed E-state index contributed by atoms with van der Waals surface area (Å²) in [5.74, 6) is -0.582. The van der Waals surface area contributed by atoms with Gasteiger partial charge in [0.15, 0.2) is 5.79 Å². The Kier molecular flexibility index (Phi) is 9.33. The first-order valence-corrected chi connectivity index (χ1v) is 14.9. The maximum Gasteiger partial charge on any atom is 0.261 e. The molecule has 1 fully saturated rings. The molecule has 0 aliphatic carbocycles. The molecule has 0 radical (unpaired) electrons. The van der Waals surface area contributed by atoms with Gasteiger partial charge in [-0.3, -0.25) is 0 Å². The minimum absolute atomic E-state index is 0.0247. The maximum atomic E-state index is 7.10. The van der Waals surface area contributed by atoms with Crippen LogP contribution in [0.3, 0.4) is 0 Å². The molecular weight excluding hydrogens is 448 g/mol. The van der Waals surface area contributed by atoms with Gasteiger partial charge in [-0.25, -0.2) is 0 Å². The number of allylic oxidation sites excluding steroid dienone is 3. The van der Waals surface area contributed by atoms with E-state index in [-0.39, 0.29) is 17.2 Å². The van der Waals surface area contributed by atoms with Gasteiger partial charge in [-0.05, 0) is 55.4 Å². The monoisotopic (exact) mass is 492 g/mol. The summed E-state index contributed by atoms with van der Waals surface area (Å²) in [6.45, 7) is 17.6. The van der Waals surface area contributed by atoms with E-state index < -0.39 is 14.1 Å². The summed E-state index contributed by atoms with van der Waals surface area (Å²) in [5.41, 5.74) is 1.33. The number of ether oxygens (including phenoxy) is 2. The van der Waals surface area contributed by atoms with E-state index in [9.17, 15) is 0 Å². The summed E-state index contributed by atoms with van der Waals surface area (Å²) in [6.07, 6.45) is 8.00. The van der Waals surface area contributed by atoms with Gasteiger partial charge in [-0.15, -0.1) is 0 Å². The third-order valence-corrected chi connectivity index (χ3v) is 11.9. The molecule has 0 saturated carbocycles. The molecule has 0 unspecified atom stereocenters. The van der Waals surface area contributed by atoms with Crippen molar-refractivity contribution in [2.45, 2.75) is 90.3 Å². The highest BCUT2D eigenvalue weighted by molar-refractivity contribution is 6.99. The highest BCUT2D eigenvalue weighted by Crippen LogP contribution is 2.37. The Morgan fingerprint density at radius 1 is 0.971 bits per heavy atom. The van der Waals surface area contributed by atoms with Crippen LogP contribution in [0.4, 0.5) is 0 Å². The van der Waals surface area contributed by atoms with Crippen LogP contribution in [-0.4, -0.2) is 32.9 Å². The van der Waals surface area contributed by atoms with Crippen LogP contribution in [0.2, 0.25) is 5.04 Å². The Morgan fingerprint density at radius 3 is 1.97 bits per heavy atom. The Morgan fingerprint density at radius 2 is 1.49 bits per heavy atom. The molecule has 1 heterocycles. The molecule has 0 N–H and O–H groups in total. The van der Waals surface area contributed by atoms with Crippen LogP contribution in [0, 0.1) is 0 Å². The standard InChI is InChI=1S/C31H44O3Si/c1-8-15-25(2)20-21-26-24-27(34-31(6,7)33-26)22-23-32-35(30(3,4)5,28-16-11-9-12-17-28)29-18-13-10-14-19-29/h8-19,26-27H,1,20-24H2,2-7H3/b25-15+/t26-,27-/m1/s1. The third kappa shape index (κ3) is 7.04. The van der Waals surface area contributed by atoms with E-state index in [1.807, 2.05) is 19.9 Å². The van der Waals surface area contributed by atoms with Gasteiger partial charge in [0.25, 0.3) is 8.32 Å². The lowest BCUT2D eigenvalue weighted by Gasteiger charge is -2.44. The first-order chi connectivity index (χ1) is 16.6. The average molecular weight is 493 g/mol. The van der Waals surface area contributed by atoms with Crippen molar-refractivity contribution in [3.05, 3.63) is 85.0 Å². The fourth-order valence-electron chi connectivity index (χ4n) is 5.35. The topological polar surface area (TPSA) is 27.7 Å². The maximum absolute atomic E-state index is 7.10. The number of hydrogen-bond donors (Lipinski definition) is 0. The van der Waals surface area contributed by atoms with Crippen LogP contribution in [-0.2, 0) is 13.9 Å². The van der Waals surface area contributed by atoms with Crippen molar-refractivity contribution in [1.82, 2.24) is 0 Å². The second-order valence-corrected chi connectivity index (χ2v) is 15.5. The van der Waals surface area contributed by atoms with Crippen molar-refractivity contribution in [2.75, 3.05) is 6.61 Å². The molecule has 0 bridgehead atoms. The largest absolute Gasteiger partial charge is 0.407 e. The molecule has 190 valence electrons. The van der Waals surface area contributed by atoms with Crippen molar-refractivity contribution < 1.29 is 13.9 Å². The van der Waals surface area contributed by atoms with E-state index in [2.05, 4.69) is 101 Å². The molecule has 2 atom stereocenters. The van der Waals surface area contributed by atoms with Crippen molar-refractivity contribution in [2.24, 2.45) is 0 Å². The van der Waals surface area contributed by atoms with Gasteiger partial charge in [0, 0.05) is 13.0 Å². The van der Waals surface area contributed by atoms with Gasteiger partial charge in [-0.2, -0.15) is 0 Å². The van der Waals surface area contributed by atoms with E-state index >= 15 is 0 Å². The molecule has 1 saturated heterocycles. The summed E-state index contributed by atoms with van der Waals surface area (Å²) >= 11 is 0. The zero-order valence-corrected chi connectivity index (χ0v) is 23.6. The fourth-order valence-corrected chi connectivity index (χ4v) is 9.93. The van der Waals surface area contributed by atoms with Crippen molar-refractivity contribution in [1.29, 1.82) is 0 Å². The van der Waals surface area contributed by atoms with Crippen LogP contribution in [0.5, 0.6) is 0 Å². The van der Waals surface area contributed by atoms with E-state index in [1.54, 1.807) is 0 Å². The summed E-state index contributed by atoms with van der Waals surface area (Å²) < 4.78 is 19.7. The summed E-state index contributed by atoms with van der Waals surface area (Å²) in [7, 11) is -2.53. The van der Waals surface area contributed by atoms with Gasteiger partial charge in [0.05, 0.1) is 12.2 Å². The Labute approximate surface area is 214 Å². The Bertz CT molecular complexity index is 920. The number of rotatable bonds is 10. The molecule has 4 heteroatoms. The highest BCUT2D eigenvalue weighted by Gasteiger charge is 2.50. The van der Waals surface area contributed by atoms with Crippen molar-refractivity contribution >= 4 is 18.7 Å². The van der Waals surface area contributed by atoms with E-state index in [4.69, 9.17) is 13.9 Å². The molecule has 1 aliphatic rings. The van der Waals surface area contributed by atoms with Crippen molar-refractivity contribution in [3.8, 4) is 0 Å². The highest BCUT2D eigenvalue weighted by atomic mass is 28.4. The molecule has 35 heavy (non-hydrogen) atoms. The fraction of sp³-hybridized carbons (Fsp3) is 0.484. The average Bonchev–Trinajstić information content (AvgIpc) is 2.80. The van der Waals surface area contributed by atoms with Crippen LogP contribution in [0.25, 0.3) is 0 Å². The van der Waals surface area contributed by atoms with Gasteiger partial charge in [0.1, 0.15) is 0 Å². The third-order valence-electron chi connectivity index (χ3n) is 6.86. The first kappa shape index (κ1) is 27.6. The van der Waals surface area contributed by atoms with Gasteiger partial charge < -0.3 is 13.9 Å². The second kappa shape index (κ2) is 11.8. The SMILES string of the molecule is C=C/C=C(\C)CC[C@@H]1C[C@@H](CCO[Si](c2ccccc2)(c2ccccc2)C(C)(C)C)OC(C)(C)O1. The molecule has 0 spiro atoms. The molecule has 0 amide bonds. The minimum Gasteiger partial charge on any atom is -0.407 e. The predicted molar refractivity (Wildman–Crippen MR) is 150 cm³/mol. The molecular formula is C31H44O3Si. The summed E-state index contributed by atoms with van der Waals surface area (Å²) in [4.78, 5) is 0. The zero-order chi connectivity index (χ0) is 25.5. The Hall–Kier alpha value is -1.98. The van der Waals surface area contributed by atoms with Crippen LogP contribution in [0.1, 0.15) is 67.2 Å². The Balaban J connectivity index is 1.78. The summed E-state index contributed by atoms with van der Waals surface area (Å²) in [6, 6.07) is 21.7. The predicted octanol–water partition coefficient (Wildman–Crippen LogP) is 6.78. The van der Waals surface area contributed by atoms with E-state index in [0.29, 0.717) is 6.61 Å². The van der Waals surface area contributed by atoms with Gasteiger partial charge >= 0.3 is 0 Å². The van der Waals surface area contributed by atoms with Crippen LogP contribution >= 0.6 is 0 Å². The lowest BCUT2D eigenvalue weighted by Crippen LogP contribution is -2.66. The molecule has 1 aliphatic heterocycles. The number of hydrogen-bond acceptors (Lipinski definition) is 3. The van der Waals surface area contributed by atoms with E-state index in [0.717, 1.165) is 25.7 Å². The van der Waals surface area contributed by atoms with Gasteiger partial charge in [0.2, 0.25) is 0 Å². The van der Waals surface area contributed by atoms with Crippen LogP contribution < -0.4 is 10.4 Å². The molecule has 2 aromatic rings. The minimum atomic E-state index is -2.53. The lowest BCUT2D eigenvalue weighted by molar-refractivity contribution is -0.301. The molecule has 3 rings (SSSR count). The first-order valence-electron chi connectivity index (χ1n) is 13.0. The molecule has 0 aromatic heterocycles. The van der Waals surface area contributed by atoms with Crippen molar-refractivity contribution in [3.63, 3.8) is 0 Å². The molecule has 3 nitrogen and oxygen atoms in total.